The van der Waals surface area contributed by atoms with Crippen LogP contribution in [0.4, 0.5) is 0 Å². The van der Waals surface area contributed by atoms with Crippen LogP contribution in [0.25, 0.3) is 22.3 Å². The van der Waals surface area contributed by atoms with E-state index in [1.807, 2.05) is 31.2 Å². The van der Waals surface area contributed by atoms with E-state index >= 15 is 0 Å². The number of benzene rings is 3. The third-order valence-corrected chi connectivity index (χ3v) is 6.35. The highest BCUT2D eigenvalue weighted by atomic mass is 79.9. The summed E-state index contributed by atoms with van der Waals surface area (Å²) in [5, 5.41) is 0.682. The van der Waals surface area contributed by atoms with Crippen molar-refractivity contribution in [2.45, 2.75) is 33.1 Å². The molecule has 0 saturated heterocycles. The average molecular weight is 526 g/mol. The molecule has 0 N–H and O–H groups in total. The van der Waals surface area contributed by atoms with Gasteiger partial charge in [0.2, 0.25) is 11.2 Å². The molecule has 6 heteroatoms. The highest BCUT2D eigenvalue weighted by Crippen LogP contribution is 2.34. The summed E-state index contributed by atoms with van der Waals surface area (Å²) in [4.78, 5) is 26.3. The minimum Gasteiger partial charge on any atom is -0.452 e. The van der Waals surface area contributed by atoms with Gasteiger partial charge in [-0.05, 0) is 59.9 Å². The van der Waals surface area contributed by atoms with E-state index in [-0.39, 0.29) is 22.3 Å². The third-order valence-electron chi connectivity index (χ3n) is 5.42. The molecular formula is C27H22BrClO4. The van der Waals surface area contributed by atoms with Gasteiger partial charge in [-0.3, -0.25) is 4.79 Å². The molecule has 0 amide bonds. The van der Waals surface area contributed by atoms with E-state index in [9.17, 15) is 9.59 Å². The fourth-order valence-electron chi connectivity index (χ4n) is 3.44. The molecule has 0 bridgehead atoms. The molecule has 33 heavy (non-hydrogen) atoms. The summed E-state index contributed by atoms with van der Waals surface area (Å²) in [5.41, 5.74) is 2.74. The Hall–Kier alpha value is -2.89. The molecule has 0 atom stereocenters. The normalized spacial score (nSPS) is 11.6. The van der Waals surface area contributed by atoms with Gasteiger partial charge < -0.3 is 9.15 Å². The van der Waals surface area contributed by atoms with Crippen LogP contribution in [0.15, 0.2) is 74.3 Å². The fraction of sp³-hybridized carbons (Fsp3) is 0.185. The minimum absolute atomic E-state index is 0.0342. The number of carbonyl (C=O) groups excluding carboxylic acids is 1. The van der Waals surface area contributed by atoms with Gasteiger partial charge in [0.25, 0.3) is 0 Å². The molecule has 4 aromatic rings. The molecular weight excluding hydrogens is 504 g/mol. The van der Waals surface area contributed by atoms with Crippen LogP contribution in [0.3, 0.4) is 0 Å². The lowest BCUT2D eigenvalue weighted by molar-refractivity contribution is 0.0731. The molecule has 0 spiro atoms. The minimum atomic E-state index is -0.653. The Kier molecular flexibility index (Phi) is 6.21. The first-order valence-electron chi connectivity index (χ1n) is 10.4. The van der Waals surface area contributed by atoms with Crippen LogP contribution in [-0.2, 0) is 5.41 Å². The smallest absolute Gasteiger partial charge is 0.343 e. The predicted molar refractivity (Wildman–Crippen MR) is 135 cm³/mol. The molecule has 4 rings (SSSR count). The molecule has 3 aromatic carbocycles. The first-order chi connectivity index (χ1) is 15.5. The van der Waals surface area contributed by atoms with Crippen LogP contribution in [0.5, 0.6) is 5.75 Å². The van der Waals surface area contributed by atoms with E-state index in [4.69, 9.17) is 20.8 Å². The predicted octanol–water partition coefficient (Wildman–Crippen LogP) is 7.70. The lowest BCUT2D eigenvalue weighted by Gasteiger charge is -2.19. The van der Waals surface area contributed by atoms with Crippen molar-refractivity contribution in [2.24, 2.45) is 0 Å². The number of ether oxygens (including phenoxy) is 1. The number of aryl methyl sites for hydroxylation is 1. The molecule has 168 valence electrons. The Balaban J connectivity index is 1.90. The Labute approximate surface area is 205 Å². The van der Waals surface area contributed by atoms with Crippen molar-refractivity contribution in [3.8, 4) is 17.1 Å². The molecule has 0 unspecified atom stereocenters. The number of halogens is 2. The van der Waals surface area contributed by atoms with Gasteiger partial charge in [-0.25, -0.2) is 4.79 Å². The van der Waals surface area contributed by atoms with E-state index in [0.29, 0.717) is 21.7 Å². The van der Waals surface area contributed by atoms with Gasteiger partial charge in [-0.15, -0.1) is 0 Å². The van der Waals surface area contributed by atoms with Crippen LogP contribution >= 0.6 is 27.5 Å². The molecule has 0 radical (unpaired) electrons. The van der Waals surface area contributed by atoms with Crippen LogP contribution < -0.4 is 10.2 Å². The van der Waals surface area contributed by atoms with E-state index in [2.05, 4.69) is 36.7 Å². The number of hydrogen-bond donors (Lipinski definition) is 0. The maximum atomic E-state index is 13.4. The molecule has 0 fully saturated rings. The third kappa shape index (κ3) is 4.75. The quantitative estimate of drug-likeness (QED) is 0.257. The van der Waals surface area contributed by atoms with Crippen LogP contribution in [-0.4, -0.2) is 5.97 Å². The summed E-state index contributed by atoms with van der Waals surface area (Å²) in [6.07, 6.45) is 0. The van der Waals surface area contributed by atoms with Crippen molar-refractivity contribution in [1.29, 1.82) is 0 Å². The topological polar surface area (TPSA) is 56.5 Å². The van der Waals surface area contributed by atoms with Crippen LogP contribution in [0, 0.1) is 6.92 Å². The first-order valence-corrected chi connectivity index (χ1v) is 11.6. The van der Waals surface area contributed by atoms with Gasteiger partial charge >= 0.3 is 5.97 Å². The molecule has 1 heterocycles. The SMILES string of the molecule is Cc1cc2oc(-c3ccc(C(C)(C)C)cc3)c(OC(=O)c3ccc(Br)cc3)c(=O)c2cc1Cl. The summed E-state index contributed by atoms with van der Waals surface area (Å²) >= 11 is 9.60. The maximum Gasteiger partial charge on any atom is 0.343 e. The standard InChI is InChI=1S/C27H22BrClO4/c1-15-13-22-20(14-21(15)29)23(30)25(33-26(31)17-7-11-19(28)12-8-17)24(32-22)16-5-9-18(10-6-16)27(2,3)4/h5-14H,1-4H3. The number of hydrogen-bond acceptors (Lipinski definition) is 4. The highest BCUT2D eigenvalue weighted by molar-refractivity contribution is 9.10. The van der Waals surface area contributed by atoms with E-state index in [0.717, 1.165) is 15.6 Å². The van der Waals surface area contributed by atoms with Gasteiger partial charge in [-0.1, -0.05) is 72.6 Å². The van der Waals surface area contributed by atoms with E-state index < -0.39 is 11.4 Å². The number of fused-ring (bicyclic) bond motifs is 1. The second-order valence-corrected chi connectivity index (χ2v) is 10.2. The lowest BCUT2D eigenvalue weighted by atomic mass is 9.86. The van der Waals surface area contributed by atoms with Crippen molar-refractivity contribution >= 4 is 44.5 Å². The Bertz CT molecular complexity index is 1410. The van der Waals surface area contributed by atoms with Crippen molar-refractivity contribution in [3.05, 3.63) is 97.1 Å². The van der Waals surface area contributed by atoms with E-state index in [1.165, 1.54) is 0 Å². The monoisotopic (exact) mass is 524 g/mol. The Morgan fingerprint density at radius 1 is 1.00 bits per heavy atom. The first kappa shape index (κ1) is 23.3. The molecule has 0 aliphatic rings. The summed E-state index contributed by atoms with van der Waals surface area (Å²) in [7, 11) is 0. The molecule has 0 saturated carbocycles. The number of rotatable bonds is 3. The fourth-order valence-corrected chi connectivity index (χ4v) is 3.87. The van der Waals surface area contributed by atoms with Crippen molar-refractivity contribution in [2.75, 3.05) is 0 Å². The lowest BCUT2D eigenvalue weighted by Crippen LogP contribution is -2.16. The molecule has 4 nitrogen and oxygen atoms in total. The Morgan fingerprint density at radius 2 is 1.64 bits per heavy atom. The summed E-state index contributed by atoms with van der Waals surface area (Å²) in [6.45, 7) is 8.20. The number of esters is 1. The maximum absolute atomic E-state index is 13.4. The second kappa shape index (κ2) is 8.81. The molecule has 1 aromatic heterocycles. The largest absolute Gasteiger partial charge is 0.452 e. The van der Waals surface area contributed by atoms with Crippen molar-refractivity contribution in [3.63, 3.8) is 0 Å². The molecule has 0 aliphatic heterocycles. The summed E-state index contributed by atoms with van der Waals surface area (Å²) in [6, 6.07) is 17.6. The van der Waals surface area contributed by atoms with Crippen molar-refractivity contribution < 1.29 is 13.9 Å². The second-order valence-electron chi connectivity index (χ2n) is 8.91. The van der Waals surface area contributed by atoms with Gasteiger partial charge in [0.05, 0.1) is 10.9 Å². The van der Waals surface area contributed by atoms with Gasteiger partial charge in [0, 0.05) is 15.1 Å². The van der Waals surface area contributed by atoms with Gasteiger partial charge in [0.15, 0.2) is 5.76 Å². The zero-order valence-corrected chi connectivity index (χ0v) is 21.0. The van der Waals surface area contributed by atoms with Crippen molar-refractivity contribution in [1.82, 2.24) is 0 Å². The van der Waals surface area contributed by atoms with E-state index in [1.54, 1.807) is 36.4 Å². The average Bonchev–Trinajstić information content (AvgIpc) is 2.77. The summed E-state index contributed by atoms with van der Waals surface area (Å²) < 4.78 is 12.6. The zero-order chi connectivity index (χ0) is 23.9. The van der Waals surface area contributed by atoms with Crippen LogP contribution in [0.1, 0.15) is 42.3 Å². The van der Waals surface area contributed by atoms with Gasteiger partial charge in [0.1, 0.15) is 5.58 Å². The molecule has 0 aliphatic carbocycles. The number of carbonyl (C=O) groups is 1. The van der Waals surface area contributed by atoms with Gasteiger partial charge in [-0.2, -0.15) is 0 Å². The van der Waals surface area contributed by atoms with Crippen LogP contribution in [0.2, 0.25) is 5.02 Å². The zero-order valence-electron chi connectivity index (χ0n) is 18.7. The summed E-state index contributed by atoms with van der Waals surface area (Å²) in [5.74, 6) is -0.626. The Morgan fingerprint density at radius 3 is 2.24 bits per heavy atom. The highest BCUT2D eigenvalue weighted by Gasteiger charge is 2.23.